The van der Waals surface area contributed by atoms with Crippen molar-refractivity contribution in [2.45, 2.75) is 58.1 Å². The number of amides is 1. The molecule has 0 bridgehead atoms. The van der Waals surface area contributed by atoms with E-state index in [1.54, 1.807) is 0 Å². The minimum Gasteiger partial charge on any atom is -0.444 e. The van der Waals surface area contributed by atoms with Crippen LogP contribution in [0.3, 0.4) is 0 Å². The van der Waals surface area contributed by atoms with Gasteiger partial charge in [0.2, 0.25) is 0 Å². The molecular formula is C14H25NO3. The summed E-state index contributed by atoms with van der Waals surface area (Å²) in [4.78, 5) is 13.9. The lowest BCUT2D eigenvalue weighted by Gasteiger charge is -2.28. The van der Waals surface area contributed by atoms with Crippen LogP contribution in [0, 0.1) is 5.92 Å². The van der Waals surface area contributed by atoms with E-state index in [1.807, 2.05) is 25.7 Å². The standard InChI is InChI=1S/C14H25NO3/c1-14(2,3)18-13(16)15-8-4-5-12(15)10-17-9-11-6-7-11/h11-12H,4-10H2,1-3H3/t12-/m0/s1. The number of hydrogen-bond donors (Lipinski definition) is 0. The minimum atomic E-state index is -0.418. The number of ether oxygens (including phenoxy) is 2. The fourth-order valence-corrected chi connectivity index (χ4v) is 2.23. The van der Waals surface area contributed by atoms with Gasteiger partial charge >= 0.3 is 6.09 Å². The molecular weight excluding hydrogens is 230 g/mol. The molecule has 1 saturated carbocycles. The highest BCUT2D eigenvalue weighted by molar-refractivity contribution is 5.68. The first-order valence-electron chi connectivity index (χ1n) is 7.03. The molecule has 1 amide bonds. The molecule has 1 heterocycles. The molecule has 4 nitrogen and oxygen atoms in total. The number of likely N-dealkylation sites (tertiary alicyclic amines) is 1. The second-order valence-electron chi connectivity index (χ2n) is 6.45. The molecule has 2 rings (SSSR count). The van der Waals surface area contributed by atoms with Crippen LogP contribution >= 0.6 is 0 Å². The Morgan fingerprint density at radius 2 is 1.94 bits per heavy atom. The predicted octanol–water partition coefficient (Wildman–Crippen LogP) is 2.81. The van der Waals surface area contributed by atoms with Crippen LogP contribution in [0.25, 0.3) is 0 Å². The zero-order chi connectivity index (χ0) is 13.2. The lowest BCUT2D eigenvalue weighted by atomic mass is 10.2. The summed E-state index contributed by atoms with van der Waals surface area (Å²) in [7, 11) is 0. The van der Waals surface area contributed by atoms with E-state index in [0.29, 0.717) is 6.61 Å². The molecule has 0 spiro atoms. The third-order valence-corrected chi connectivity index (χ3v) is 3.37. The Hall–Kier alpha value is -0.770. The Labute approximate surface area is 110 Å². The lowest BCUT2D eigenvalue weighted by molar-refractivity contribution is 0.00974. The molecule has 4 heteroatoms. The number of hydrogen-bond acceptors (Lipinski definition) is 3. The van der Waals surface area contributed by atoms with Gasteiger partial charge in [0.25, 0.3) is 0 Å². The summed E-state index contributed by atoms with van der Waals surface area (Å²) in [5.41, 5.74) is -0.418. The van der Waals surface area contributed by atoms with Gasteiger partial charge in [-0.05, 0) is 52.4 Å². The fourth-order valence-electron chi connectivity index (χ4n) is 2.23. The second kappa shape index (κ2) is 5.47. The predicted molar refractivity (Wildman–Crippen MR) is 69.5 cm³/mol. The Bertz CT molecular complexity index is 294. The first-order valence-corrected chi connectivity index (χ1v) is 7.03. The number of carbonyl (C=O) groups is 1. The van der Waals surface area contributed by atoms with Gasteiger partial charge in [0.15, 0.2) is 0 Å². The van der Waals surface area contributed by atoms with E-state index in [0.717, 1.165) is 31.9 Å². The molecule has 0 aromatic carbocycles. The third kappa shape index (κ3) is 4.16. The Balaban J connectivity index is 1.76. The Kier molecular flexibility index (Phi) is 4.15. The molecule has 18 heavy (non-hydrogen) atoms. The molecule has 0 radical (unpaired) electrons. The maximum absolute atomic E-state index is 12.0. The van der Waals surface area contributed by atoms with E-state index in [-0.39, 0.29) is 12.1 Å². The van der Waals surface area contributed by atoms with Gasteiger partial charge in [-0.3, -0.25) is 0 Å². The van der Waals surface area contributed by atoms with E-state index < -0.39 is 5.60 Å². The summed E-state index contributed by atoms with van der Waals surface area (Å²) >= 11 is 0. The molecule has 2 aliphatic rings. The molecule has 0 N–H and O–H groups in total. The zero-order valence-corrected chi connectivity index (χ0v) is 11.8. The third-order valence-electron chi connectivity index (χ3n) is 3.37. The first kappa shape index (κ1) is 13.7. The van der Waals surface area contributed by atoms with E-state index in [2.05, 4.69) is 0 Å². The highest BCUT2D eigenvalue weighted by atomic mass is 16.6. The van der Waals surface area contributed by atoms with Crippen molar-refractivity contribution in [3.8, 4) is 0 Å². The number of rotatable bonds is 4. The van der Waals surface area contributed by atoms with Crippen molar-refractivity contribution in [1.82, 2.24) is 4.90 Å². The fraction of sp³-hybridized carbons (Fsp3) is 0.929. The van der Waals surface area contributed by atoms with Crippen LogP contribution in [0.15, 0.2) is 0 Å². The maximum atomic E-state index is 12.0. The van der Waals surface area contributed by atoms with E-state index in [4.69, 9.17) is 9.47 Å². The normalized spacial score (nSPS) is 24.4. The van der Waals surface area contributed by atoms with Gasteiger partial charge in [-0.1, -0.05) is 0 Å². The van der Waals surface area contributed by atoms with Gasteiger partial charge in [0.1, 0.15) is 5.60 Å². The van der Waals surface area contributed by atoms with Gasteiger partial charge in [-0.15, -0.1) is 0 Å². The van der Waals surface area contributed by atoms with Crippen LogP contribution in [-0.2, 0) is 9.47 Å². The van der Waals surface area contributed by atoms with Gasteiger partial charge in [0, 0.05) is 13.2 Å². The number of nitrogens with zero attached hydrogens (tertiary/aromatic N) is 1. The molecule has 0 aromatic rings. The van der Waals surface area contributed by atoms with Crippen molar-refractivity contribution < 1.29 is 14.3 Å². The Morgan fingerprint density at radius 1 is 1.22 bits per heavy atom. The van der Waals surface area contributed by atoms with E-state index >= 15 is 0 Å². The molecule has 0 unspecified atom stereocenters. The monoisotopic (exact) mass is 255 g/mol. The minimum absolute atomic E-state index is 0.194. The van der Waals surface area contributed by atoms with Crippen LogP contribution in [-0.4, -0.2) is 42.4 Å². The summed E-state index contributed by atoms with van der Waals surface area (Å²) in [6.45, 7) is 8.03. The summed E-state index contributed by atoms with van der Waals surface area (Å²) in [6, 6.07) is 0.207. The SMILES string of the molecule is CC(C)(C)OC(=O)N1CCC[C@H]1COCC1CC1. The van der Waals surface area contributed by atoms with Crippen molar-refractivity contribution >= 4 is 6.09 Å². The van der Waals surface area contributed by atoms with Gasteiger partial charge in [-0.25, -0.2) is 4.79 Å². The lowest BCUT2D eigenvalue weighted by Crippen LogP contribution is -2.41. The molecule has 1 saturated heterocycles. The topological polar surface area (TPSA) is 38.8 Å². The molecule has 1 aliphatic heterocycles. The largest absolute Gasteiger partial charge is 0.444 e. The van der Waals surface area contributed by atoms with Crippen LogP contribution in [0.2, 0.25) is 0 Å². The second-order valence-corrected chi connectivity index (χ2v) is 6.45. The van der Waals surface area contributed by atoms with Gasteiger partial charge in [-0.2, -0.15) is 0 Å². The Morgan fingerprint density at radius 3 is 2.56 bits per heavy atom. The number of carbonyl (C=O) groups excluding carboxylic acids is 1. The van der Waals surface area contributed by atoms with Crippen molar-refractivity contribution in [3.05, 3.63) is 0 Å². The first-order chi connectivity index (χ1) is 8.46. The highest BCUT2D eigenvalue weighted by Crippen LogP contribution is 2.29. The van der Waals surface area contributed by atoms with Crippen molar-refractivity contribution in [3.63, 3.8) is 0 Å². The summed E-state index contributed by atoms with van der Waals surface area (Å²) in [5.74, 6) is 0.779. The summed E-state index contributed by atoms with van der Waals surface area (Å²) < 4.78 is 11.1. The van der Waals surface area contributed by atoms with Gasteiger partial charge in [0.05, 0.1) is 12.6 Å². The van der Waals surface area contributed by atoms with Crippen molar-refractivity contribution in [1.29, 1.82) is 0 Å². The highest BCUT2D eigenvalue weighted by Gasteiger charge is 2.32. The molecule has 104 valence electrons. The summed E-state index contributed by atoms with van der Waals surface area (Å²) in [5, 5.41) is 0. The molecule has 0 aromatic heterocycles. The van der Waals surface area contributed by atoms with E-state index in [9.17, 15) is 4.79 Å². The average Bonchev–Trinajstić information content (AvgIpc) is 2.92. The molecule has 2 fully saturated rings. The van der Waals surface area contributed by atoms with Crippen LogP contribution in [0.4, 0.5) is 4.79 Å². The summed E-state index contributed by atoms with van der Waals surface area (Å²) in [6.07, 6.45) is 4.50. The zero-order valence-electron chi connectivity index (χ0n) is 11.8. The molecule has 1 atom stereocenters. The maximum Gasteiger partial charge on any atom is 0.410 e. The van der Waals surface area contributed by atoms with Crippen molar-refractivity contribution in [2.75, 3.05) is 19.8 Å². The van der Waals surface area contributed by atoms with Crippen LogP contribution in [0.1, 0.15) is 46.5 Å². The van der Waals surface area contributed by atoms with Crippen LogP contribution < -0.4 is 0 Å². The van der Waals surface area contributed by atoms with Gasteiger partial charge < -0.3 is 14.4 Å². The van der Waals surface area contributed by atoms with E-state index in [1.165, 1.54) is 12.8 Å². The van der Waals surface area contributed by atoms with Crippen LogP contribution in [0.5, 0.6) is 0 Å². The van der Waals surface area contributed by atoms with Crippen molar-refractivity contribution in [2.24, 2.45) is 5.92 Å². The average molecular weight is 255 g/mol. The quantitative estimate of drug-likeness (QED) is 0.775. The molecule has 1 aliphatic carbocycles. The smallest absolute Gasteiger partial charge is 0.410 e.